The number of allylic oxidation sites excluding steroid dienone is 1. The van der Waals surface area contributed by atoms with E-state index >= 15 is 0 Å². The molecule has 4 rings (SSSR count). The van der Waals surface area contributed by atoms with E-state index in [1.54, 1.807) is 37.4 Å². The van der Waals surface area contributed by atoms with Gasteiger partial charge in [0, 0.05) is 17.1 Å². The van der Waals surface area contributed by atoms with Gasteiger partial charge in [0.25, 0.3) is 11.8 Å². The Labute approximate surface area is 203 Å². The Balaban J connectivity index is 1.90. The van der Waals surface area contributed by atoms with Crippen molar-refractivity contribution in [1.29, 1.82) is 0 Å². The number of amides is 2. The second kappa shape index (κ2) is 8.48. The van der Waals surface area contributed by atoms with Crippen LogP contribution in [0.25, 0.3) is 0 Å². The summed E-state index contributed by atoms with van der Waals surface area (Å²) in [5, 5.41) is 1.95. The maximum Gasteiger partial charge on any atom is 0.425 e. The van der Waals surface area contributed by atoms with Crippen LogP contribution in [0.1, 0.15) is 42.6 Å². The van der Waals surface area contributed by atoms with Crippen LogP contribution in [0.5, 0.6) is 0 Å². The summed E-state index contributed by atoms with van der Waals surface area (Å²) in [4.78, 5) is 40.5. The largest absolute Gasteiger partial charge is 0.425 e. The number of halogens is 5. The molecule has 0 radical (unpaired) electrons. The summed E-state index contributed by atoms with van der Waals surface area (Å²) in [6, 6.07) is 10.8. The van der Waals surface area contributed by atoms with Gasteiger partial charge in [-0.05, 0) is 35.6 Å². The highest BCUT2D eigenvalue weighted by Gasteiger charge is 2.71. The molecule has 1 heterocycles. The fourth-order valence-electron chi connectivity index (χ4n) is 4.67. The van der Waals surface area contributed by atoms with Gasteiger partial charge in [-0.25, -0.2) is 4.39 Å². The Morgan fingerprint density at radius 2 is 1.69 bits per heavy atom. The van der Waals surface area contributed by atoms with Crippen LogP contribution in [0.2, 0.25) is 5.02 Å². The number of carbonyl (C=O) groups excluding carboxylic acids is 3. The number of nitrogens with one attached hydrogen (secondary N) is 1. The van der Waals surface area contributed by atoms with Crippen molar-refractivity contribution in [2.75, 3.05) is 0 Å². The molecule has 2 aromatic carbocycles. The quantitative estimate of drug-likeness (QED) is 0.578. The van der Waals surface area contributed by atoms with Gasteiger partial charge in [0.05, 0.1) is 17.7 Å². The lowest BCUT2D eigenvalue weighted by atomic mass is 9.72. The average Bonchev–Trinajstić information content (AvgIpc) is 2.97. The fourth-order valence-corrected chi connectivity index (χ4v) is 4.87. The molecule has 2 aliphatic rings. The Bertz CT molecular complexity index is 1270. The molecule has 1 aliphatic carbocycles. The number of ketones is 1. The van der Waals surface area contributed by atoms with Crippen LogP contribution >= 0.6 is 11.6 Å². The summed E-state index contributed by atoms with van der Waals surface area (Å²) in [6.07, 6.45) is -5.66. The zero-order valence-electron chi connectivity index (χ0n) is 18.8. The van der Waals surface area contributed by atoms with Gasteiger partial charge >= 0.3 is 6.18 Å². The molecule has 2 amide bonds. The lowest BCUT2D eigenvalue weighted by Gasteiger charge is -2.35. The number of nitrogens with zero attached hydrogens (tertiary/aromatic N) is 1. The minimum atomic E-state index is -5.39. The SMILES string of the molecule is CC1(C)CC(=O)C2=C(C1)N(Cc1ccccc1Cl)C(=O)[C@]2(NC(=O)c1ccccc1F)C(F)(F)F. The zero-order chi connectivity index (χ0) is 25.8. The first-order chi connectivity index (χ1) is 16.3. The standard InChI is InChI=1S/C25H21ClF4N2O3/c1-23(2)11-18-20(19(33)12-23)24(25(28,29)30,31-21(34)15-8-4-6-10-17(15)27)22(35)32(18)13-14-7-3-5-9-16(14)26/h3-10H,11-13H2,1-2H3,(H,31,34)/t24-/m0/s1. The van der Waals surface area contributed by atoms with Crippen LogP contribution in [0.3, 0.4) is 0 Å². The van der Waals surface area contributed by atoms with E-state index in [0.29, 0.717) is 5.56 Å². The van der Waals surface area contributed by atoms with Crippen LogP contribution in [-0.2, 0) is 16.1 Å². The van der Waals surface area contributed by atoms with Gasteiger partial charge in [0.1, 0.15) is 5.82 Å². The molecule has 10 heteroatoms. The Kier molecular flexibility index (Phi) is 6.03. The number of Topliss-reactive ketones (excluding diaryl/α,β-unsaturated/α-hetero) is 1. The van der Waals surface area contributed by atoms with E-state index < -0.39 is 51.7 Å². The Hall–Kier alpha value is -3.20. The summed E-state index contributed by atoms with van der Waals surface area (Å²) in [5.41, 5.74) is -5.65. The molecular formula is C25H21ClF4N2O3. The molecule has 1 aliphatic heterocycles. The molecule has 184 valence electrons. The van der Waals surface area contributed by atoms with E-state index in [-0.39, 0.29) is 30.1 Å². The molecule has 0 saturated heterocycles. The van der Waals surface area contributed by atoms with Gasteiger partial charge in [-0.3, -0.25) is 14.4 Å². The molecule has 0 saturated carbocycles. The number of alkyl halides is 3. The molecule has 0 aromatic heterocycles. The van der Waals surface area contributed by atoms with Crippen LogP contribution in [0.4, 0.5) is 17.6 Å². The highest BCUT2D eigenvalue weighted by atomic mass is 35.5. The predicted molar refractivity (Wildman–Crippen MR) is 120 cm³/mol. The number of benzene rings is 2. The minimum absolute atomic E-state index is 0.0162. The van der Waals surface area contributed by atoms with Gasteiger partial charge in [0.2, 0.25) is 5.54 Å². The topological polar surface area (TPSA) is 66.5 Å². The summed E-state index contributed by atoms with van der Waals surface area (Å²) in [6.45, 7) is 3.07. The summed E-state index contributed by atoms with van der Waals surface area (Å²) in [7, 11) is 0. The Morgan fingerprint density at radius 3 is 2.31 bits per heavy atom. The van der Waals surface area contributed by atoms with Crippen molar-refractivity contribution >= 4 is 29.2 Å². The molecule has 2 aromatic rings. The third-order valence-corrected chi connectivity index (χ3v) is 6.62. The van der Waals surface area contributed by atoms with E-state index in [0.717, 1.165) is 17.0 Å². The van der Waals surface area contributed by atoms with Crippen LogP contribution in [-0.4, -0.2) is 34.2 Å². The van der Waals surface area contributed by atoms with Crippen LogP contribution in [0.15, 0.2) is 59.8 Å². The molecule has 1 atom stereocenters. The number of hydrogen-bond donors (Lipinski definition) is 1. The first-order valence-corrected chi connectivity index (χ1v) is 11.1. The molecule has 35 heavy (non-hydrogen) atoms. The van der Waals surface area contributed by atoms with Gasteiger partial charge in [0.15, 0.2) is 5.78 Å². The van der Waals surface area contributed by atoms with Crippen molar-refractivity contribution in [3.8, 4) is 0 Å². The number of rotatable bonds is 4. The summed E-state index contributed by atoms with van der Waals surface area (Å²) >= 11 is 6.20. The molecule has 0 spiro atoms. The normalized spacial score (nSPS) is 21.9. The molecule has 1 N–H and O–H groups in total. The maximum atomic E-state index is 14.8. The number of carbonyl (C=O) groups is 3. The van der Waals surface area contributed by atoms with Crippen LogP contribution in [0, 0.1) is 11.2 Å². The van der Waals surface area contributed by atoms with E-state index in [9.17, 15) is 31.9 Å². The third kappa shape index (κ3) is 4.11. The maximum absolute atomic E-state index is 14.8. The first kappa shape index (κ1) is 24.9. The fraction of sp³-hybridized carbons (Fsp3) is 0.320. The predicted octanol–water partition coefficient (Wildman–Crippen LogP) is 5.20. The average molecular weight is 509 g/mol. The van der Waals surface area contributed by atoms with Crippen molar-refractivity contribution in [3.63, 3.8) is 0 Å². The van der Waals surface area contributed by atoms with Gasteiger partial charge < -0.3 is 10.2 Å². The first-order valence-electron chi connectivity index (χ1n) is 10.7. The van der Waals surface area contributed by atoms with Crippen LogP contribution < -0.4 is 5.32 Å². The van der Waals surface area contributed by atoms with Crippen molar-refractivity contribution in [1.82, 2.24) is 10.2 Å². The zero-order valence-corrected chi connectivity index (χ0v) is 19.6. The van der Waals surface area contributed by atoms with Gasteiger partial charge in [-0.1, -0.05) is 55.8 Å². The lowest BCUT2D eigenvalue weighted by molar-refractivity contribution is -0.190. The second-order valence-electron chi connectivity index (χ2n) is 9.43. The van der Waals surface area contributed by atoms with Crippen molar-refractivity contribution in [2.24, 2.45) is 5.41 Å². The summed E-state index contributed by atoms with van der Waals surface area (Å²) < 4.78 is 58.6. The number of hydrogen-bond acceptors (Lipinski definition) is 3. The third-order valence-electron chi connectivity index (χ3n) is 6.25. The molecule has 0 fully saturated rings. The van der Waals surface area contributed by atoms with Crippen molar-refractivity contribution in [3.05, 3.63) is 81.8 Å². The van der Waals surface area contributed by atoms with E-state index in [1.165, 1.54) is 18.2 Å². The van der Waals surface area contributed by atoms with Crippen molar-refractivity contribution < 1.29 is 31.9 Å². The highest BCUT2D eigenvalue weighted by molar-refractivity contribution is 6.31. The molecule has 0 bridgehead atoms. The Morgan fingerprint density at radius 1 is 1.06 bits per heavy atom. The summed E-state index contributed by atoms with van der Waals surface area (Å²) in [5.74, 6) is -4.97. The van der Waals surface area contributed by atoms with Gasteiger partial charge in [-0.15, -0.1) is 0 Å². The molecular weight excluding hydrogens is 488 g/mol. The van der Waals surface area contributed by atoms with E-state index in [2.05, 4.69) is 0 Å². The minimum Gasteiger partial charge on any atom is -0.326 e. The smallest absolute Gasteiger partial charge is 0.326 e. The highest BCUT2D eigenvalue weighted by Crippen LogP contribution is 2.52. The molecule has 5 nitrogen and oxygen atoms in total. The molecule has 0 unspecified atom stereocenters. The van der Waals surface area contributed by atoms with Crippen molar-refractivity contribution in [2.45, 2.75) is 44.9 Å². The monoisotopic (exact) mass is 508 g/mol. The van der Waals surface area contributed by atoms with E-state index in [4.69, 9.17) is 11.6 Å². The van der Waals surface area contributed by atoms with Gasteiger partial charge in [-0.2, -0.15) is 13.2 Å². The second-order valence-corrected chi connectivity index (χ2v) is 9.83. The van der Waals surface area contributed by atoms with E-state index in [1.807, 2.05) is 0 Å². The lowest BCUT2D eigenvalue weighted by Crippen LogP contribution is -2.66.